The zero-order chi connectivity index (χ0) is 15.5. The van der Waals surface area contributed by atoms with Crippen LogP contribution < -0.4 is 5.32 Å². The minimum absolute atomic E-state index is 0.498. The predicted octanol–water partition coefficient (Wildman–Crippen LogP) is 4.92. The molecular formula is C17H24BrNO2. The molecule has 0 bridgehead atoms. The molecule has 4 heteroatoms. The fraction of sp³-hybridized carbons (Fsp3) is 0.588. The van der Waals surface area contributed by atoms with Crippen molar-refractivity contribution in [2.45, 2.75) is 51.5 Å². The Hall–Kier alpha value is -1.03. The van der Waals surface area contributed by atoms with Crippen molar-refractivity contribution in [2.24, 2.45) is 11.8 Å². The van der Waals surface area contributed by atoms with Crippen molar-refractivity contribution in [3.8, 4) is 0 Å². The number of aliphatic carboxylic acids is 1. The average Bonchev–Trinajstić information content (AvgIpc) is 2.41. The van der Waals surface area contributed by atoms with Crippen molar-refractivity contribution in [1.29, 1.82) is 0 Å². The Balaban J connectivity index is 2.16. The summed E-state index contributed by atoms with van der Waals surface area (Å²) in [4.78, 5) is 11.9. The molecule has 0 saturated heterocycles. The first-order valence-corrected chi connectivity index (χ1v) is 8.48. The Morgan fingerprint density at radius 2 is 2.10 bits per heavy atom. The number of hydrogen-bond donors (Lipinski definition) is 2. The smallest absolute Gasteiger partial charge is 0.329 e. The van der Waals surface area contributed by atoms with Gasteiger partial charge in [0, 0.05) is 10.2 Å². The average molecular weight is 354 g/mol. The number of rotatable bonds is 5. The molecule has 0 heterocycles. The SMILES string of the molecule is CC(C)CC1CCCC(Nc2ccc(Br)cc2)(C(=O)O)C1. The maximum atomic E-state index is 11.9. The van der Waals surface area contributed by atoms with Crippen LogP contribution in [-0.2, 0) is 4.79 Å². The van der Waals surface area contributed by atoms with Gasteiger partial charge in [0.2, 0.25) is 0 Å². The lowest BCUT2D eigenvalue weighted by molar-refractivity contribution is -0.144. The second-order valence-electron chi connectivity index (χ2n) is 6.61. The summed E-state index contributed by atoms with van der Waals surface area (Å²) in [5, 5.41) is 13.1. The van der Waals surface area contributed by atoms with Crippen LogP contribution in [0.5, 0.6) is 0 Å². The van der Waals surface area contributed by atoms with E-state index in [4.69, 9.17) is 0 Å². The van der Waals surface area contributed by atoms with Gasteiger partial charge in [0.1, 0.15) is 5.54 Å². The fourth-order valence-corrected chi connectivity index (χ4v) is 3.69. The van der Waals surface area contributed by atoms with Gasteiger partial charge in [-0.25, -0.2) is 4.79 Å². The standard InChI is InChI=1S/C17H24BrNO2/c1-12(2)10-13-4-3-9-17(11-13,16(20)21)19-15-7-5-14(18)6-8-15/h5-8,12-13,19H,3-4,9-11H2,1-2H3,(H,20,21). The highest BCUT2D eigenvalue weighted by Gasteiger charge is 2.43. The molecule has 0 amide bonds. The maximum Gasteiger partial charge on any atom is 0.329 e. The third kappa shape index (κ3) is 4.22. The molecule has 0 aliphatic heterocycles. The molecular weight excluding hydrogens is 330 g/mol. The van der Waals surface area contributed by atoms with E-state index in [2.05, 4.69) is 35.1 Å². The van der Waals surface area contributed by atoms with E-state index in [0.717, 1.165) is 35.8 Å². The number of anilines is 1. The largest absolute Gasteiger partial charge is 0.480 e. The second kappa shape index (κ2) is 6.82. The van der Waals surface area contributed by atoms with E-state index in [1.165, 1.54) is 0 Å². The molecule has 0 spiro atoms. The van der Waals surface area contributed by atoms with Crippen LogP contribution in [0.3, 0.4) is 0 Å². The monoisotopic (exact) mass is 353 g/mol. The molecule has 1 aliphatic rings. The number of carboxylic acids is 1. The predicted molar refractivity (Wildman–Crippen MR) is 89.5 cm³/mol. The van der Waals surface area contributed by atoms with Gasteiger partial charge in [-0.15, -0.1) is 0 Å². The topological polar surface area (TPSA) is 49.3 Å². The Bertz CT molecular complexity index is 486. The number of carboxylic acid groups (broad SMARTS) is 1. The molecule has 0 aromatic heterocycles. The molecule has 1 aromatic rings. The van der Waals surface area contributed by atoms with Crippen molar-refractivity contribution in [2.75, 3.05) is 5.32 Å². The molecule has 21 heavy (non-hydrogen) atoms. The number of hydrogen-bond acceptors (Lipinski definition) is 2. The van der Waals surface area contributed by atoms with Crippen molar-refractivity contribution in [3.63, 3.8) is 0 Å². The van der Waals surface area contributed by atoms with Gasteiger partial charge in [-0.05, 0) is 55.4 Å². The summed E-state index contributed by atoms with van der Waals surface area (Å²) in [6.07, 6.45) is 4.66. The first-order chi connectivity index (χ1) is 9.91. The molecule has 1 aliphatic carbocycles. The van der Waals surface area contributed by atoms with Crippen LogP contribution >= 0.6 is 15.9 Å². The first-order valence-electron chi connectivity index (χ1n) is 7.68. The normalized spacial score (nSPS) is 25.8. The van der Waals surface area contributed by atoms with Crippen LogP contribution in [0.2, 0.25) is 0 Å². The van der Waals surface area contributed by atoms with E-state index in [-0.39, 0.29) is 0 Å². The zero-order valence-corrected chi connectivity index (χ0v) is 14.3. The molecule has 0 radical (unpaired) electrons. The lowest BCUT2D eigenvalue weighted by atomic mass is 9.73. The van der Waals surface area contributed by atoms with Crippen LogP contribution in [-0.4, -0.2) is 16.6 Å². The van der Waals surface area contributed by atoms with E-state index in [9.17, 15) is 9.90 Å². The molecule has 1 aromatic carbocycles. The van der Waals surface area contributed by atoms with Gasteiger partial charge in [0.25, 0.3) is 0 Å². The van der Waals surface area contributed by atoms with Crippen molar-refractivity contribution < 1.29 is 9.90 Å². The Morgan fingerprint density at radius 1 is 1.43 bits per heavy atom. The summed E-state index contributed by atoms with van der Waals surface area (Å²) in [5.41, 5.74) is 0.0665. The van der Waals surface area contributed by atoms with Crippen LogP contribution in [0.4, 0.5) is 5.69 Å². The molecule has 116 valence electrons. The molecule has 2 unspecified atom stereocenters. The highest BCUT2D eigenvalue weighted by molar-refractivity contribution is 9.10. The summed E-state index contributed by atoms with van der Waals surface area (Å²) in [6, 6.07) is 7.74. The van der Waals surface area contributed by atoms with Crippen molar-refractivity contribution in [1.82, 2.24) is 0 Å². The maximum absolute atomic E-state index is 11.9. The minimum atomic E-state index is -0.814. The van der Waals surface area contributed by atoms with E-state index in [0.29, 0.717) is 18.3 Å². The third-order valence-electron chi connectivity index (χ3n) is 4.30. The van der Waals surface area contributed by atoms with Crippen LogP contribution in [0.1, 0.15) is 46.0 Å². The van der Waals surface area contributed by atoms with Crippen molar-refractivity contribution >= 4 is 27.6 Å². The summed E-state index contributed by atoms with van der Waals surface area (Å²) in [7, 11) is 0. The fourth-order valence-electron chi connectivity index (χ4n) is 3.43. The Morgan fingerprint density at radius 3 is 2.67 bits per heavy atom. The highest BCUT2D eigenvalue weighted by atomic mass is 79.9. The van der Waals surface area contributed by atoms with E-state index < -0.39 is 11.5 Å². The molecule has 2 rings (SSSR count). The van der Waals surface area contributed by atoms with E-state index >= 15 is 0 Å². The van der Waals surface area contributed by atoms with Crippen LogP contribution in [0, 0.1) is 11.8 Å². The Kier molecular flexibility index (Phi) is 5.31. The quantitative estimate of drug-likeness (QED) is 0.789. The van der Waals surface area contributed by atoms with Gasteiger partial charge < -0.3 is 10.4 Å². The summed E-state index contributed by atoms with van der Waals surface area (Å²) in [6.45, 7) is 4.42. The molecule has 3 nitrogen and oxygen atoms in total. The number of carbonyl (C=O) groups is 1. The Labute approximate surface area is 135 Å². The van der Waals surface area contributed by atoms with E-state index in [1.54, 1.807) is 0 Å². The van der Waals surface area contributed by atoms with Gasteiger partial charge in [0.05, 0.1) is 0 Å². The van der Waals surface area contributed by atoms with Gasteiger partial charge in [-0.1, -0.05) is 42.6 Å². The van der Waals surface area contributed by atoms with Crippen LogP contribution in [0.15, 0.2) is 28.7 Å². The summed E-state index contributed by atoms with van der Waals surface area (Å²) in [5.74, 6) is 0.393. The van der Waals surface area contributed by atoms with Gasteiger partial charge >= 0.3 is 5.97 Å². The molecule has 1 fully saturated rings. The summed E-state index contributed by atoms with van der Waals surface area (Å²) < 4.78 is 0.999. The third-order valence-corrected chi connectivity index (χ3v) is 4.82. The molecule has 1 saturated carbocycles. The number of nitrogens with one attached hydrogen (secondary N) is 1. The van der Waals surface area contributed by atoms with Gasteiger partial charge in [0.15, 0.2) is 0 Å². The van der Waals surface area contributed by atoms with E-state index in [1.807, 2.05) is 24.3 Å². The highest BCUT2D eigenvalue weighted by Crippen LogP contribution is 2.38. The second-order valence-corrected chi connectivity index (χ2v) is 7.53. The summed E-state index contributed by atoms with van der Waals surface area (Å²) >= 11 is 3.41. The zero-order valence-electron chi connectivity index (χ0n) is 12.7. The molecule has 2 N–H and O–H groups in total. The van der Waals surface area contributed by atoms with Gasteiger partial charge in [-0.3, -0.25) is 0 Å². The minimum Gasteiger partial charge on any atom is -0.480 e. The lowest BCUT2D eigenvalue weighted by Gasteiger charge is -2.39. The van der Waals surface area contributed by atoms with Crippen LogP contribution in [0.25, 0.3) is 0 Å². The van der Waals surface area contributed by atoms with Crippen molar-refractivity contribution in [3.05, 3.63) is 28.7 Å². The molecule has 2 atom stereocenters. The number of halogens is 1. The first kappa shape index (κ1) is 16.3. The lowest BCUT2D eigenvalue weighted by Crippen LogP contribution is -2.50. The number of benzene rings is 1. The van der Waals surface area contributed by atoms with Gasteiger partial charge in [-0.2, -0.15) is 0 Å².